The van der Waals surface area contributed by atoms with Crippen molar-refractivity contribution in [3.63, 3.8) is 0 Å². The Balaban J connectivity index is 1.72. The molecule has 1 fully saturated rings. The molecular formula is C17H19ClN4O. The van der Waals surface area contributed by atoms with Gasteiger partial charge in [0.1, 0.15) is 12.2 Å². The largest absolute Gasteiger partial charge is 0.338 e. The summed E-state index contributed by atoms with van der Waals surface area (Å²) in [5.74, 6) is 1.24. The zero-order chi connectivity index (χ0) is 16.4. The van der Waals surface area contributed by atoms with Crippen LogP contribution in [0.5, 0.6) is 0 Å². The topological polar surface area (TPSA) is 51.0 Å². The van der Waals surface area contributed by atoms with Gasteiger partial charge in [-0.3, -0.25) is 4.79 Å². The number of carbonyl (C=O) groups is 1. The number of hydrogen-bond acceptors (Lipinski definition) is 3. The molecule has 2 aromatic rings. The van der Waals surface area contributed by atoms with E-state index in [9.17, 15) is 4.79 Å². The molecule has 0 N–H and O–H groups in total. The van der Waals surface area contributed by atoms with Crippen LogP contribution in [0.3, 0.4) is 0 Å². The van der Waals surface area contributed by atoms with Crippen molar-refractivity contribution in [1.29, 1.82) is 0 Å². The van der Waals surface area contributed by atoms with Gasteiger partial charge in [-0.15, -0.1) is 10.2 Å². The fraction of sp³-hybridized carbons (Fsp3) is 0.353. The van der Waals surface area contributed by atoms with E-state index in [0.29, 0.717) is 17.1 Å². The number of aryl methyl sites for hydroxylation is 1. The first kappa shape index (κ1) is 15.7. The number of benzene rings is 1. The highest BCUT2D eigenvalue weighted by Gasteiger charge is 2.30. The van der Waals surface area contributed by atoms with E-state index in [2.05, 4.69) is 10.2 Å². The third-order valence-electron chi connectivity index (χ3n) is 4.20. The quantitative estimate of drug-likeness (QED) is 0.813. The van der Waals surface area contributed by atoms with Crippen molar-refractivity contribution in [2.75, 3.05) is 13.1 Å². The molecule has 1 aliphatic heterocycles. The monoisotopic (exact) mass is 330 g/mol. The van der Waals surface area contributed by atoms with E-state index >= 15 is 0 Å². The molecule has 5 nitrogen and oxygen atoms in total. The Hall–Kier alpha value is -2.14. The predicted octanol–water partition coefficient (Wildman–Crippen LogP) is 2.89. The lowest BCUT2D eigenvalue weighted by Crippen LogP contribution is -2.29. The molecule has 3 rings (SSSR count). The van der Waals surface area contributed by atoms with Crippen LogP contribution in [0.4, 0.5) is 0 Å². The van der Waals surface area contributed by atoms with Gasteiger partial charge in [0.15, 0.2) is 0 Å². The highest BCUT2D eigenvalue weighted by atomic mass is 35.5. The first-order valence-corrected chi connectivity index (χ1v) is 8.00. The third kappa shape index (κ3) is 3.29. The summed E-state index contributed by atoms with van der Waals surface area (Å²) in [4.78, 5) is 14.5. The summed E-state index contributed by atoms with van der Waals surface area (Å²) in [5, 5.41) is 8.73. The van der Waals surface area contributed by atoms with Crippen molar-refractivity contribution in [2.24, 2.45) is 7.05 Å². The van der Waals surface area contributed by atoms with Crippen molar-refractivity contribution in [3.8, 4) is 0 Å². The molecule has 0 saturated carbocycles. The summed E-state index contributed by atoms with van der Waals surface area (Å²) in [6, 6.07) is 7.52. The Morgan fingerprint density at radius 1 is 1.39 bits per heavy atom. The van der Waals surface area contributed by atoms with Gasteiger partial charge in [-0.25, -0.2) is 0 Å². The molecule has 1 atom stereocenters. The van der Waals surface area contributed by atoms with E-state index in [1.807, 2.05) is 53.8 Å². The molecule has 0 bridgehead atoms. The van der Waals surface area contributed by atoms with Crippen molar-refractivity contribution in [2.45, 2.75) is 19.3 Å². The standard InChI is InChI=1S/C17H19ClN4O/c1-12(9-13-5-3-4-6-15(13)18)17(23)22-8-7-14(10-22)16-20-19-11-21(16)2/h3-6,9,11,14H,7-8,10H2,1-2H3. The predicted molar refractivity (Wildman–Crippen MR) is 90.0 cm³/mol. The zero-order valence-corrected chi connectivity index (χ0v) is 14.0. The summed E-state index contributed by atoms with van der Waals surface area (Å²) in [7, 11) is 1.93. The van der Waals surface area contributed by atoms with Crippen molar-refractivity contribution in [3.05, 3.63) is 52.6 Å². The summed E-state index contributed by atoms with van der Waals surface area (Å²) in [5.41, 5.74) is 1.56. The van der Waals surface area contributed by atoms with Gasteiger partial charge in [0, 0.05) is 36.7 Å². The number of amides is 1. The Morgan fingerprint density at radius 2 is 2.17 bits per heavy atom. The third-order valence-corrected chi connectivity index (χ3v) is 4.55. The molecule has 0 radical (unpaired) electrons. The summed E-state index contributed by atoms with van der Waals surface area (Å²) >= 11 is 6.15. The van der Waals surface area contributed by atoms with Gasteiger partial charge < -0.3 is 9.47 Å². The Labute approximate surface area is 140 Å². The zero-order valence-electron chi connectivity index (χ0n) is 13.2. The van der Waals surface area contributed by atoms with Crippen LogP contribution in [0.1, 0.15) is 30.7 Å². The lowest BCUT2D eigenvalue weighted by molar-refractivity contribution is -0.126. The van der Waals surface area contributed by atoms with E-state index in [4.69, 9.17) is 11.6 Å². The van der Waals surface area contributed by atoms with Gasteiger partial charge in [-0.05, 0) is 31.1 Å². The van der Waals surface area contributed by atoms with E-state index in [-0.39, 0.29) is 11.8 Å². The van der Waals surface area contributed by atoms with Crippen LogP contribution in [0.2, 0.25) is 5.02 Å². The van der Waals surface area contributed by atoms with Gasteiger partial charge in [-0.2, -0.15) is 0 Å². The van der Waals surface area contributed by atoms with Crippen LogP contribution < -0.4 is 0 Å². The maximum absolute atomic E-state index is 12.6. The van der Waals surface area contributed by atoms with Gasteiger partial charge in [0.05, 0.1) is 0 Å². The number of carbonyl (C=O) groups excluding carboxylic acids is 1. The average molecular weight is 331 g/mol. The maximum atomic E-state index is 12.6. The number of halogens is 1. The van der Waals surface area contributed by atoms with E-state index < -0.39 is 0 Å². The van der Waals surface area contributed by atoms with Gasteiger partial charge >= 0.3 is 0 Å². The molecule has 120 valence electrons. The molecular weight excluding hydrogens is 312 g/mol. The molecule has 23 heavy (non-hydrogen) atoms. The van der Waals surface area contributed by atoms with Crippen molar-refractivity contribution < 1.29 is 4.79 Å². The number of rotatable bonds is 3. The maximum Gasteiger partial charge on any atom is 0.249 e. The number of likely N-dealkylation sites (tertiary alicyclic amines) is 1. The second kappa shape index (κ2) is 6.54. The molecule has 1 aromatic carbocycles. The highest BCUT2D eigenvalue weighted by molar-refractivity contribution is 6.32. The van der Waals surface area contributed by atoms with Gasteiger partial charge in [-0.1, -0.05) is 29.8 Å². The molecule has 1 aromatic heterocycles. The summed E-state index contributed by atoms with van der Waals surface area (Å²) in [6.45, 7) is 3.25. The Kier molecular flexibility index (Phi) is 4.48. The molecule has 1 aliphatic rings. The minimum Gasteiger partial charge on any atom is -0.338 e. The molecule has 1 unspecified atom stereocenters. The van der Waals surface area contributed by atoms with Crippen LogP contribution >= 0.6 is 11.6 Å². The van der Waals surface area contributed by atoms with Crippen molar-refractivity contribution >= 4 is 23.6 Å². The van der Waals surface area contributed by atoms with Crippen LogP contribution in [-0.4, -0.2) is 38.7 Å². The van der Waals surface area contributed by atoms with Crippen molar-refractivity contribution in [1.82, 2.24) is 19.7 Å². The van der Waals surface area contributed by atoms with E-state index in [1.165, 1.54) is 0 Å². The number of aromatic nitrogens is 3. The van der Waals surface area contributed by atoms with Gasteiger partial charge in [0.2, 0.25) is 5.91 Å². The lowest BCUT2D eigenvalue weighted by Gasteiger charge is -2.17. The van der Waals surface area contributed by atoms with E-state index in [0.717, 1.165) is 24.4 Å². The minimum absolute atomic E-state index is 0.0505. The van der Waals surface area contributed by atoms with E-state index in [1.54, 1.807) is 6.33 Å². The SMILES string of the molecule is CC(=Cc1ccccc1Cl)C(=O)N1CCC(c2nncn2C)C1. The normalized spacial score (nSPS) is 18.5. The molecule has 1 saturated heterocycles. The smallest absolute Gasteiger partial charge is 0.249 e. The highest BCUT2D eigenvalue weighted by Crippen LogP contribution is 2.27. The van der Waals surface area contributed by atoms with Crippen LogP contribution in [-0.2, 0) is 11.8 Å². The Morgan fingerprint density at radius 3 is 2.87 bits per heavy atom. The Bertz CT molecular complexity index is 753. The molecule has 1 amide bonds. The fourth-order valence-electron chi connectivity index (χ4n) is 2.95. The second-order valence-corrected chi connectivity index (χ2v) is 6.29. The van der Waals surface area contributed by atoms with Crippen LogP contribution in [0.15, 0.2) is 36.2 Å². The minimum atomic E-state index is 0.0505. The number of hydrogen-bond donors (Lipinski definition) is 0. The average Bonchev–Trinajstić information content (AvgIpc) is 3.17. The molecule has 0 spiro atoms. The van der Waals surface area contributed by atoms with Gasteiger partial charge in [0.25, 0.3) is 0 Å². The fourth-order valence-corrected chi connectivity index (χ4v) is 3.14. The first-order valence-electron chi connectivity index (χ1n) is 7.62. The number of nitrogens with zero attached hydrogens (tertiary/aromatic N) is 4. The molecule has 0 aliphatic carbocycles. The summed E-state index contributed by atoms with van der Waals surface area (Å²) in [6.07, 6.45) is 4.46. The van der Waals surface area contributed by atoms with Crippen LogP contribution in [0.25, 0.3) is 6.08 Å². The van der Waals surface area contributed by atoms with Crippen LogP contribution in [0, 0.1) is 0 Å². The molecule has 2 heterocycles. The first-order chi connectivity index (χ1) is 11.1. The summed E-state index contributed by atoms with van der Waals surface area (Å²) < 4.78 is 1.92. The lowest BCUT2D eigenvalue weighted by atomic mass is 10.1. The molecule has 6 heteroatoms. The second-order valence-electron chi connectivity index (χ2n) is 5.89.